The Morgan fingerprint density at radius 1 is 1.27 bits per heavy atom. The first-order chi connectivity index (χ1) is 5.42. The van der Waals surface area contributed by atoms with Crippen LogP contribution in [-0.4, -0.2) is 6.04 Å². The minimum absolute atomic E-state index is 0.511. The summed E-state index contributed by atoms with van der Waals surface area (Å²) in [5.41, 5.74) is 4.19. The highest BCUT2D eigenvalue weighted by Gasteiger charge is 2.36. The van der Waals surface area contributed by atoms with Crippen LogP contribution in [0.1, 0.15) is 17.9 Å². The Morgan fingerprint density at radius 2 is 2.00 bits per heavy atom. The highest BCUT2D eigenvalue weighted by atomic mass is 15.3. The molecule has 58 valence electrons. The Morgan fingerprint density at radius 3 is 2.55 bits per heavy atom. The van der Waals surface area contributed by atoms with Gasteiger partial charge in [-0.2, -0.15) is 0 Å². The molecule has 1 fully saturated rings. The minimum Gasteiger partial charge on any atom is -0.271 e. The van der Waals surface area contributed by atoms with Crippen LogP contribution in [0.4, 0.5) is 0 Å². The molecule has 1 aromatic rings. The summed E-state index contributed by atoms with van der Waals surface area (Å²) in [6.07, 6.45) is 1.18. The Balaban J connectivity index is 2.09. The lowest BCUT2D eigenvalue weighted by Crippen LogP contribution is -2.25. The smallest absolute Gasteiger partial charge is 0.0286 e. The number of nitrogens with two attached hydrogens (primary N) is 1. The average molecular weight is 148 g/mol. The van der Waals surface area contributed by atoms with Crippen LogP contribution in [0.15, 0.2) is 30.3 Å². The average Bonchev–Trinajstić information content (AvgIpc) is 2.85. The van der Waals surface area contributed by atoms with Crippen LogP contribution in [0.2, 0.25) is 0 Å². The second kappa shape index (κ2) is 2.64. The van der Waals surface area contributed by atoms with E-state index in [0.717, 1.165) is 0 Å². The van der Waals surface area contributed by atoms with Crippen molar-refractivity contribution in [3.8, 4) is 0 Å². The Labute approximate surface area is 66.4 Å². The molecule has 11 heavy (non-hydrogen) atoms. The molecule has 1 aliphatic carbocycles. The van der Waals surface area contributed by atoms with E-state index < -0.39 is 0 Å². The Hall–Kier alpha value is -0.860. The van der Waals surface area contributed by atoms with Gasteiger partial charge in [0.1, 0.15) is 0 Å². The van der Waals surface area contributed by atoms with Gasteiger partial charge in [0, 0.05) is 12.0 Å². The molecule has 0 aromatic heterocycles. The van der Waals surface area contributed by atoms with E-state index in [-0.39, 0.29) is 0 Å². The first-order valence-electron chi connectivity index (χ1n) is 3.93. The van der Waals surface area contributed by atoms with Crippen molar-refractivity contribution in [3.05, 3.63) is 35.9 Å². The summed E-state index contributed by atoms with van der Waals surface area (Å²) in [5, 5.41) is 0. The SMILES string of the molecule is NN[C@@H]1C[C@H]1c1ccccc1. The van der Waals surface area contributed by atoms with Crippen LogP contribution >= 0.6 is 0 Å². The zero-order valence-corrected chi connectivity index (χ0v) is 6.33. The van der Waals surface area contributed by atoms with Gasteiger partial charge in [0.2, 0.25) is 0 Å². The molecule has 0 aliphatic heterocycles. The quantitative estimate of drug-likeness (QED) is 0.485. The summed E-state index contributed by atoms with van der Waals surface area (Å²) in [7, 11) is 0. The van der Waals surface area contributed by atoms with Gasteiger partial charge in [-0.05, 0) is 12.0 Å². The molecule has 2 heteroatoms. The van der Waals surface area contributed by atoms with Crippen LogP contribution in [0.3, 0.4) is 0 Å². The lowest BCUT2D eigenvalue weighted by molar-refractivity contribution is 0.715. The van der Waals surface area contributed by atoms with E-state index >= 15 is 0 Å². The third-order valence-corrected chi connectivity index (χ3v) is 2.23. The van der Waals surface area contributed by atoms with Gasteiger partial charge in [-0.3, -0.25) is 11.3 Å². The number of rotatable bonds is 2. The molecule has 3 N–H and O–H groups in total. The zero-order valence-electron chi connectivity index (χ0n) is 6.33. The van der Waals surface area contributed by atoms with Crippen molar-refractivity contribution >= 4 is 0 Å². The lowest BCUT2D eigenvalue weighted by Gasteiger charge is -1.97. The number of hydrazine groups is 1. The van der Waals surface area contributed by atoms with Gasteiger partial charge in [0.25, 0.3) is 0 Å². The summed E-state index contributed by atoms with van der Waals surface area (Å²) in [6, 6.07) is 11.0. The molecule has 2 atom stereocenters. The molecule has 0 bridgehead atoms. The third-order valence-electron chi connectivity index (χ3n) is 2.23. The zero-order chi connectivity index (χ0) is 7.68. The Bertz CT molecular complexity index is 233. The van der Waals surface area contributed by atoms with Crippen LogP contribution in [0, 0.1) is 0 Å². The van der Waals surface area contributed by atoms with Crippen molar-refractivity contribution in [1.82, 2.24) is 5.43 Å². The standard InChI is InChI=1S/C9H12N2/c10-11-9-6-8(9)7-4-2-1-3-5-7/h1-5,8-9,11H,6,10H2/t8-,9+/m0/s1. The predicted molar refractivity (Wildman–Crippen MR) is 44.9 cm³/mol. The maximum Gasteiger partial charge on any atom is 0.0286 e. The first-order valence-corrected chi connectivity index (χ1v) is 3.93. The van der Waals surface area contributed by atoms with Crippen molar-refractivity contribution in [1.29, 1.82) is 0 Å². The summed E-state index contributed by atoms with van der Waals surface area (Å²) in [4.78, 5) is 0. The van der Waals surface area contributed by atoms with Crippen molar-refractivity contribution in [2.24, 2.45) is 5.84 Å². The lowest BCUT2D eigenvalue weighted by atomic mass is 10.1. The van der Waals surface area contributed by atoms with Gasteiger partial charge < -0.3 is 0 Å². The highest BCUT2D eigenvalue weighted by Crippen LogP contribution is 2.39. The van der Waals surface area contributed by atoms with Gasteiger partial charge in [-0.15, -0.1) is 0 Å². The monoisotopic (exact) mass is 148 g/mol. The van der Waals surface area contributed by atoms with Crippen molar-refractivity contribution in [2.75, 3.05) is 0 Å². The second-order valence-corrected chi connectivity index (χ2v) is 3.03. The molecule has 1 aliphatic rings. The fourth-order valence-electron chi connectivity index (χ4n) is 1.45. The van der Waals surface area contributed by atoms with E-state index in [9.17, 15) is 0 Å². The van der Waals surface area contributed by atoms with E-state index in [2.05, 4.69) is 29.7 Å². The molecule has 2 nitrogen and oxygen atoms in total. The van der Waals surface area contributed by atoms with Crippen molar-refractivity contribution < 1.29 is 0 Å². The predicted octanol–water partition coefficient (Wildman–Crippen LogP) is 1.01. The van der Waals surface area contributed by atoms with Gasteiger partial charge in [-0.1, -0.05) is 30.3 Å². The summed E-state index contributed by atoms with van der Waals surface area (Å²) >= 11 is 0. The Kier molecular flexibility index (Phi) is 1.64. The second-order valence-electron chi connectivity index (χ2n) is 3.03. The molecular weight excluding hydrogens is 136 g/mol. The van der Waals surface area contributed by atoms with Gasteiger partial charge in [0.05, 0.1) is 0 Å². The van der Waals surface area contributed by atoms with Gasteiger partial charge >= 0.3 is 0 Å². The number of hydrogen-bond donors (Lipinski definition) is 2. The molecular formula is C9H12N2. The number of benzene rings is 1. The van der Waals surface area contributed by atoms with E-state index in [4.69, 9.17) is 5.84 Å². The molecule has 0 unspecified atom stereocenters. The largest absolute Gasteiger partial charge is 0.271 e. The third kappa shape index (κ3) is 1.27. The molecule has 1 saturated carbocycles. The normalized spacial score (nSPS) is 28.5. The maximum absolute atomic E-state index is 5.31. The van der Waals surface area contributed by atoms with E-state index in [1.165, 1.54) is 12.0 Å². The summed E-state index contributed by atoms with van der Waals surface area (Å²) < 4.78 is 0. The van der Waals surface area contributed by atoms with Gasteiger partial charge in [-0.25, -0.2) is 0 Å². The summed E-state index contributed by atoms with van der Waals surface area (Å²) in [6.45, 7) is 0. The van der Waals surface area contributed by atoms with E-state index in [1.807, 2.05) is 6.07 Å². The molecule has 1 aromatic carbocycles. The first kappa shape index (κ1) is 6.83. The molecule has 0 saturated heterocycles. The number of hydrogen-bond acceptors (Lipinski definition) is 2. The topological polar surface area (TPSA) is 38.0 Å². The van der Waals surface area contributed by atoms with Crippen molar-refractivity contribution in [2.45, 2.75) is 18.4 Å². The maximum atomic E-state index is 5.31. The molecule has 2 rings (SSSR count). The molecule has 0 heterocycles. The minimum atomic E-state index is 0.511. The highest BCUT2D eigenvalue weighted by molar-refractivity contribution is 5.27. The van der Waals surface area contributed by atoms with Crippen LogP contribution in [0.5, 0.6) is 0 Å². The summed E-state index contributed by atoms with van der Waals surface area (Å²) in [5.74, 6) is 5.97. The van der Waals surface area contributed by atoms with Crippen molar-refractivity contribution in [3.63, 3.8) is 0 Å². The molecule has 0 amide bonds. The van der Waals surface area contributed by atoms with Crippen LogP contribution < -0.4 is 11.3 Å². The van der Waals surface area contributed by atoms with Gasteiger partial charge in [0.15, 0.2) is 0 Å². The van der Waals surface area contributed by atoms with E-state index in [1.54, 1.807) is 0 Å². The molecule has 0 radical (unpaired) electrons. The fraction of sp³-hybridized carbons (Fsp3) is 0.333. The van der Waals surface area contributed by atoms with Crippen LogP contribution in [0.25, 0.3) is 0 Å². The number of nitrogens with one attached hydrogen (secondary N) is 1. The fourth-order valence-corrected chi connectivity index (χ4v) is 1.45. The van der Waals surface area contributed by atoms with E-state index in [0.29, 0.717) is 12.0 Å². The van der Waals surface area contributed by atoms with Crippen LogP contribution in [-0.2, 0) is 0 Å². The molecule has 0 spiro atoms.